The van der Waals surface area contributed by atoms with Crippen LogP contribution in [0, 0.1) is 0 Å². The highest BCUT2D eigenvalue weighted by Gasteiger charge is 2.55. The number of nitrogens with two attached hydrogens (primary N) is 1. The molecular weight excluding hydrogens is 728 g/mol. The number of phosphoric acid groups is 6. The summed E-state index contributed by atoms with van der Waals surface area (Å²) in [6, 6.07) is 0. The lowest BCUT2D eigenvalue weighted by Crippen LogP contribution is -2.37. The summed E-state index contributed by atoms with van der Waals surface area (Å²) in [5.41, 5.74) is 5.23. The Morgan fingerprint density at radius 1 is 0.744 bits per heavy atom. The lowest BCUT2D eigenvalue weighted by atomic mass is 10.1. The third kappa shape index (κ3) is 10.8. The molecule has 1 aliphatic heterocycles. The highest BCUT2D eigenvalue weighted by molar-refractivity contribution is 7.61. The molecular formula is C10H19N5O22P6. The minimum atomic E-state index is -6.00. The highest BCUT2D eigenvalue weighted by atomic mass is 31.3. The average Bonchev–Trinajstić information content (AvgIpc) is 3.29. The molecule has 0 bridgehead atoms. The fourth-order valence-corrected chi connectivity index (χ4v) is 8.46. The van der Waals surface area contributed by atoms with Gasteiger partial charge in [-0.2, -0.15) is 12.9 Å². The molecule has 1 fully saturated rings. The van der Waals surface area contributed by atoms with Gasteiger partial charge < -0.3 is 54.5 Å². The van der Waals surface area contributed by atoms with Crippen LogP contribution in [0.5, 0.6) is 0 Å². The number of rotatable bonds is 14. The van der Waals surface area contributed by atoms with Crippen molar-refractivity contribution in [2.24, 2.45) is 0 Å². The molecule has 11 N–H and O–H groups in total. The number of hydrogen-bond donors (Lipinski definition) is 10. The van der Waals surface area contributed by atoms with Crippen molar-refractivity contribution >= 4 is 63.9 Å². The van der Waals surface area contributed by atoms with Crippen LogP contribution < -0.4 is 5.73 Å². The predicted octanol–water partition coefficient (Wildman–Crippen LogP) is -1.28. The number of imidazole rings is 1. The summed E-state index contributed by atoms with van der Waals surface area (Å²) in [5.74, 6) is -0.254. The van der Waals surface area contributed by atoms with E-state index in [4.69, 9.17) is 44.4 Å². The van der Waals surface area contributed by atoms with Gasteiger partial charge in [0.05, 0.1) is 12.9 Å². The molecule has 0 amide bonds. The van der Waals surface area contributed by atoms with Crippen LogP contribution >= 0.6 is 46.9 Å². The molecule has 33 heteroatoms. The van der Waals surface area contributed by atoms with Crippen LogP contribution in [0.2, 0.25) is 0 Å². The van der Waals surface area contributed by atoms with Crippen LogP contribution in [0.4, 0.5) is 5.82 Å². The van der Waals surface area contributed by atoms with Crippen LogP contribution in [-0.4, -0.2) is 88.5 Å². The summed E-state index contributed by atoms with van der Waals surface area (Å²) >= 11 is 0. The largest absolute Gasteiger partial charge is 0.481 e. The van der Waals surface area contributed by atoms with E-state index in [2.05, 4.69) is 36.9 Å². The zero-order valence-corrected chi connectivity index (χ0v) is 25.4. The number of nitrogen functional groups attached to an aromatic ring is 1. The van der Waals surface area contributed by atoms with Crippen molar-refractivity contribution in [2.45, 2.75) is 24.5 Å². The molecule has 0 aliphatic carbocycles. The molecule has 0 aromatic carbocycles. The molecule has 1 aliphatic rings. The van der Waals surface area contributed by atoms with Crippen LogP contribution in [0.25, 0.3) is 11.2 Å². The van der Waals surface area contributed by atoms with Crippen molar-refractivity contribution in [1.82, 2.24) is 19.5 Å². The van der Waals surface area contributed by atoms with E-state index in [0.717, 1.165) is 17.2 Å². The van der Waals surface area contributed by atoms with E-state index in [9.17, 15) is 42.1 Å². The number of aromatic nitrogens is 4. The van der Waals surface area contributed by atoms with Crippen molar-refractivity contribution in [2.75, 3.05) is 12.3 Å². The number of nitrogens with zero attached hydrogens (tertiary/aromatic N) is 4. The van der Waals surface area contributed by atoms with E-state index in [-0.39, 0.29) is 17.0 Å². The molecule has 3 rings (SSSR count). The first-order valence-electron chi connectivity index (χ1n) is 10.2. The second-order valence-corrected chi connectivity index (χ2v) is 16.1. The van der Waals surface area contributed by atoms with Crippen molar-refractivity contribution in [3.63, 3.8) is 0 Å². The topological polar surface area (TPSA) is 419 Å². The first-order valence-corrected chi connectivity index (χ1v) is 19.2. The van der Waals surface area contributed by atoms with Crippen molar-refractivity contribution in [1.29, 1.82) is 0 Å². The Hall–Kier alpha value is -0.910. The zero-order chi connectivity index (χ0) is 32.8. The van der Waals surface area contributed by atoms with Crippen LogP contribution in [0.1, 0.15) is 6.23 Å². The molecule has 0 spiro atoms. The lowest BCUT2D eigenvalue weighted by molar-refractivity contribution is -0.0494. The third-order valence-corrected chi connectivity index (χ3v) is 11.0. The molecule has 246 valence electrons. The minimum Gasteiger partial charge on any atom is -0.382 e. The molecule has 0 radical (unpaired) electrons. The second-order valence-electron chi connectivity index (χ2n) is 7.71. The molecule has 27 nitrogen and oxygen atoms in total. The summed E-state index contributed by atoms with van der Waals surface area (Å²) in [7, 11) is -35.0. The summed E-state index contributed by atoms with van der Waals surface area (Å²) in [5, 5.41) is 0. The van der Waals surface area contributed by atoms with Gasteiger partial charge in [-0.25, -0.2) is 42.3 Å². The summed E-state index contributed by atoms with van der Waals surface area (Å²) in [6.07, 6.45) is -7.59. The Balaban J connectivity index is 2.13. The van der Waals surface area contributed by atoms with Crippen LogP contribution in [0.3, 0.4) is 0 Å². The lowest BCUT2D eigenvalue weighted by Gasteiger charge is -2.27. The fraction of sp³-hybridized carbons (Fsp3) is 0.500. The molecule has 7 atom stereocenters. The zero-order valence-electron chi connectivity index (χ0n) is 20.1. The van der Waals surface area contributed by atoms with Gasteiger partial charge in [-0.05, 0) is 0 Å². The summed E-state index contributed by atoms with van der Waals surface area (Å²) in [4.78, 5) is 94.2. The summed E-state index contributed by atoms with van der Waals surface area (Å²) < 4.78 is 101. The number of hydrogen-bond acceptors (Lipinski definition) is 17. The Morgan fingerprint density at radius 3 is 1.74 bits per heavy atom. The monoisotopic (exact) mass is 747 g/mol. The van der Waals surface area contributed by atoms with E-state index in [0.29, 0.717) is 0 Å². The van der Waals surface area contributed by atoms with E-state index in [1.54, 1.807) is 0 Å². The molecule has 2 aromatic heterocycles. The smallest absolute Gasteiger partial charge is 0.382 e. The number of ether oxygens (including phenoxy) is 1. The Kier molecular flexibility index (Phi) is 10.8. The number of phosphoric ester groups is 3. The van der Waals surface area contributed by atoms with E-state index < -0.39 is 78.1 Å². The van der Waals surface area contributed by atoms with Gasteiger partial charge in [0.25, 0.3) is 0 Å². The normalized spacial score (nSPS) is 26.2. The van der Waals surface area contributed by atoms with Gasteiger partial charge in [0.1, 0.15) is 30.2 Å². The van der Waals surface area contributed by atoms with Gasteiger partial charge in [-0.1, -0.05) is 0 Å². The van der Waals surface area contributed by atoms with E-state index >= 15 is 0 Å². The van der Waals surface area contributed by atoms with Crippen molar-refractivity contribution < 1.29 is 103 Å². The first kappa shape index (κ1) is 36.6. The predicted molar refractivity (Wildman–Crippen MR) is 128 cm³/mol. The average molecular weight is 747 g/mol. The van der Waals surface area contributed by atoms with Gasteiger partial charge in [0.15, 0.2) is 17.7 Å². The minimum absolute atomic E-state index is 0.173. The maximum absolute atomic E-state index is 12.5. The maximum atomic E-state index is 12.5. The second kappa shape index (κ2) is 12.7. The molecule has 1 saturated heterocycles. The first-order chi connectivity index (χ1) is 19.3. The Labute approximate surface area is 236 Å². The molecule has 3 heterocycles. The van der Waals surface area contributed by atoms with E-state index in [1.165, 1.54) is 0 Å². The SMILES string of the molecule is Nc1ncnc2c1ncn2[C@@H]1O[C@H](COP(=O)(O)OP(=O)(O)O)[C@@H](OP(=O)(O)OP(=O)(O)O)[C@H]1OP(=O)(O)OP(=O)(O)O. The number of fused-ring (bicyclic) bond motifs is 1. The van der Waals surface area contributed by atoms with Crippen molar-refractivity contribution in [3.8, 4) is 0 Å². The van der Waals surface area contributed by atoms with Gasteiger partial charge in [0.2, 0.25) is 0 Å². The Bertz CT molecular complexity index is 1630. The Morgan fingerprint density at radius 2 is 1.23 bits per heavy atom. The molecule has 43 heavy (non-hydrogen) atoms. The van der Waals surface area contributed by atoms with Gasteiger partial charge in [-0.3, -0.25) is 18.1 Å². The summed E-state index contributed by atoms with van der Waals surface area (Å²) in [6.45, 7) is -1.47. The maximum Gasteiger partial charge on any atom is 0.481 e. The standard InChI is InChI=1S/C10H19N5O22P6/c11-8-5-9(13-2-12-8)15(3-14-5)10-7(34-43(29,30)37-40(22,23)24)6(33-42(27,28)36-39(19,20)21)4(32-10)1-31-41(25,26)35-38(16,17)18/h2-4,6-7,10H,1H2,(H,25,26)(H,27,28)(H,29,30)(H2,11,12,13)(H2,16,17,18)(H2,19,20,21)(H2,22,23,24)/t4-,6-,7-,10-/m1/s1. The van der Waals surface area contributed by atoms with Crippen molar-refractivity contribution in [3.05, 3.63) is 12.7 Å². The van der Waals surface area contributed by atoms with Gasteiger partial charge >= 0.3 is 46.9 Å². The molecule has 0 saturated carbocycles. The third-order valence-electron chi connectivity index (χ3n) is 4.49. The van der Waals surface area contributed by atoms with E-state index in [1.807, 2.05) is 0 Å². The van der Waals surface area contributed by atoms with Crippen LogP contribution in [-0.2, 0) is 58.6 Å². The van der Waals surface area contributed by atoms with Crippen LogP contribution in [0.15, 0.2) is 12.7 Å². The number of anilines is 1. The highest BCUT2D eigenvalue weighted by Crippen LogP contribution is 2.63. The fourth-order valence-electron chi connectivity index (χ4n) is 3.30. The molecule has 2 aromatic rings. The van der Waals surface area contributed by atoms with Gasteiger partial charge in [0, 0.05) is 0 Å². The molecule has 3 unspecified atom stereocenters. The quantitative estimate of drug-likeness (QED) is 0.101. The van der Waals surface area contributed by atoms with Gasteiger partial charge in [-0.15, -0.1) is 0 Å².